The molecule has 0 aliphatic carbocycles. The van der Waals surface area contributed by atoms with Gasteiger partial charge in [0.2, 0.25) is 0 Å². The fourth-order valence-corrected chi connectivity index (χ4v) is 3.80. The minimum absolute atomic E-state index is 0. The van der Waals surface area contributed by atoms with Crippen LogP contribution >= 0.6 is 24.0 Å². The number of pyridine rings is 1. The highest BCUT2D eigenvalue weighted by molar-refractivity contribution is 14.0. The van der Waals surface area contributed by atoms with Crippen LogP contribution in [0.5, 0.6) is 0 Å². The largest absolute Gasteiger partial charge is 0.370 e. The Balaban J connectivity index is 0.00000240. The molecule has 0 radical (unpaired) electrons. The molecule has 8 heteroatoms. The summed E-state index contributed by atoms with van der Waals surface area (Å²) in [5.41, 5.74) is 8.42. The van der Waals surface area contributed by atoms with Gasteiger partial charge >= 0.3 is 0 Å². The average Bonchev–Trinajstić information content (AvgIpc) is 3.28. The Kier molecular flexibility index (Phi) is 7.51. The Morgan fingerprint density at radius 3 is 2.34 bits per heavy atom. The molecular weight excluding hydrogens is 482 g/mol. The number of nitrogens with two attached hydrogens (primary N) is 1. The van der Waals surface area contributed by atoms with E-state index in [2.05, 4.69) is 30.7 Å². The smallest absolute Gasteiger partial charge is 0.191 e. The lowest BCUT2D eigenvalue weighted by Gasteiger charge is -2.36. The normalized spacial score (nSPS) is 17.4. The van der Waals surface area contributed by atoms with Gasteiger partial charge in [-0.3, -0.25) is 0 Å². The molecule has 3 heterocycles. The zero-order valence-electron chi connectivity index (χ0n) is 16.5. The monoisotopic (exact) mass is 510 g/mol. The molecule has 29 heavy (non-hydrogen) atoms. The molecule has 4 rings (SSSR count). The molecule has 0 unspecified atom stereocenters. The van der Waals surface area contributed by atoms with Gasteiger partial charge in [0.15, 0.2) is 5.96 Å². The fourth-order valence-electron chi connectivity index (χ4n) is 3.80. The maximum absolute atomic E-state index is 13.1. The summed E-state index contributed by atoms with van der Waals surface area (Å²) in [6.07, 6.45) is 4.33. The van der Waals surface area contributed by atoms with Crippen molar-refractivity contribution in [2.24, 2.45) is 10.7 Å². The summed E-state index contributed by atoms with van der Waals surface area (Å²) >= 11 is 0. The summed E-state index contributed by atoms with van der Waals surface area (Å²) in [5, 5.41) is 0. The van der Waals surface area contributed by atoms with Gasteiger partial charge in [-0.25, -0.2) is 14.4 Å². The molecule has 0 saturated carbocycles. The molecular formula is C21H28FIN6. The van der Waals surface area contributed by atoms with Crippen molar-refractivity contribution >= 4 is 41.4 Å². The maximum atomic E-state index is 13.1. The van der Waals surface area contributed by atoms with Crippen molar-refractivity contribution in [3.8, 4) is 0 Å². The summed E-state index contributed by atoms with van der Waals surface area (Å²) < 4.78 is 13.1. The van der Waals surface area contributed by atoms with Crippen LogP contribution in [0.3, 0.4) is 0 Å². The number of halogens is 2. The second-order valence-electron chi connectivity index (χ2n) is 7.34. The lowest BCUT2D eigenvalue weighted by Crippen LogP contribution is -2.51. The Bertz CT molecular complexity index is 814. The Morgan fingerprint density at radius 1 is 0.966 bits per heavy atom. The number of hydrogen-bond donors (Lipinski definition) is 1. The number of hydrogen-bond acceptors (Lipinski definition) is 4. The zero-order chi connectivity index (χ0) is 19.3. The second kappa shape index (κ2) is 10.1. The number of rotatable bonds is 4. The molecule has 156 valence electrons. The van der Waals surface area contributed by atoms with Gasteiger partial charge in [0.05, 0.1) is 6.54 Å². The van der Waals surface area contributed by atoms with Crippen molar-refractivity contribution in [3.63, 3.8) is 0 Å². The van der Waals surface area contributed by atoms with Crippen LogP contribution in [0.2, 0.25) is 0 Å². The number of nitrogens with zero attached hydrogens (tertiary/aromatic N) is 5. The second-order valence-corrected chi connectivity index (χ2v) is 7.34. The van der Waals surface area contributed by atoms with Crippen LogP contribution < -0.4 is 15.5 Å². The highest BCUT2D eigenvalue weighted by atomic mass is 127. The number of piperazine rings is 1. The van der Waals surface area contributed by atoms with Crippen molar-refractivity contribution in [1.82, 2.24) is 9.88 Å². The summed E-state index contributed by atoms with van der Waals surface area (Å²) in [5.74, 6) is 1.41. The predicted octanol–water partition coefficient (Wildman–Crippen LogP) is 3.08. The molecule has 1 aromatic carbocycles. The first-order valence-corrected chi connectivity index (χ1v) is 9.94. The first-order valence-electron chi connectivity index (χ1n) is 9.94. The lowest BCUT2D eigenvalue weighted by atomic mass is 10.2. The van der Waals surface area contributed by atoms with Crippen LogP contribution in [0.1, 0.15) is 18.4 Å². The first-order chi connectivity index (χ1) is 13.7. The summed E-state index contributed by atoms with van der Waals surface area (Å²) in [4.78, 5) is 15.8. The van der Waals surface area contributed by atoms with Crippen LogP contribution in [0.25, 0.3) is 0 Å². The van der Waals surface area contributed by atoms with Crippen molar-refractivity contribution < 1.29 is 4.39 Å². The van der Waals surface area contributed by atoms with Crippen molar-refractivity contribution in [3.05, 3.63) is 54.0 Å². The molecule has 6 nitrogen and oxygen atoms in total. The van der Waals surface area contributed by atoms with Gasteiger partial charge in [-0.2, -0.15) is 0 Å². The van der Waals surface area contributed by atoms with Crippen molar-refractivity contribution in [2.75, 3.05) is 49.1 Å². The van der Waals surface area contributed by atoms with Crippen molar-refractivity contribution in [2.45, 2.75) is 19.4 Å². The third-order valence-electron chi connectivity index (χ3n) is 5.46. The van der Waals surface area contributed by atoms with Crippen LogP contribution in [0, 0.1) is 5.82 Å². The quantitative estimate of drug-likeness (QED) is 0.390. The zero-order valence-corrected chi connectivity index (χ0v) is 18.8. The van der Waals surface area contributed by atoms with E-state index in [-0.39, 0.29) is 29.8 Å². The van der Waals surface area contributed by atoms with Gasteiger partial charge in [-0.1, -0.05) is 0 Å². The van der Waals surface area contributed by atoms with E-state index < -0.39 is 0 Å². The lowest BCUT2D eigenvalue weighted by molar-refractivity contribution is 0.380. The van der Waals surface area contributed by atoms with Crippen LogP contribution in [-0.2, 0) is 6.54 Å². The highest BCUT2D eigenvalue weighted by Gasteiger charge is 2.19. The van der Waals surface area contributed by atoms with Crippen molar-refractivity contribution in [1.29, 1.82) is 0 Å². The van der Waals surface area contributed by atoms with E-state index in [0.717, 1.165) is 56.3 Å². The van der Waals surface area contributed by atoms with Crippen LogP contribution in [0.15, 0.2) is 47.6 Å². The summed E-state index contributed by atoms with van der Waals surface area (Å²) in [6, 6.07) is 10.8. The maximum Gasteiger partial charge on any atom is 0.191 e. The predicted molar refractivity (Wildman–Crippen MR) is 127 cm³/mol. The van der Waals surface area contributed by atoms with Gasteiger partial charge in [-0.05, 0) is 54.8 Å². The molecule has 2 fully saturated rings. The van der Waals surface area contributed by atoms with Crippen LogP contribution in [-0.4, -0.2) is 55.1 Å². The van der Waals surface area contributed by atoms with E-state index in [1.54, 1.807) is 0 Å². The van der Waals surface area contributed by atoms with Crippen LogP contribution in [0.4, 0.5) is 15.9 Å². The number of anilines is 2. The molecule has 2 aromatic rings. The van der Waals surface area contributed by atoms with Gasteiger partial charge < -0.3 is 20.4 Å². The third kappa shape index (κ3) is 5.49. The minimum Gasteiger partial charge on any atom is -0.370 e. The van der Waals surface area contributed by atoms with Gasteiger partial charge in [0.1, 0.15) is 11.6 Å². The van der Waals surface area contributed by atoms with E-state index in [1.807, 2.05) is 24.4 Å². The molecule has 1 aromatic heterocycles. The Hall–Kier alpha value is -2.10. The van der Waals surface area contributed by atoms with E-state index >= 15 is 0 Å². The summed E-state index contributed by atoms with van der Waals surface area (Å²) in [6.45, 7) is 6.03. The molecule has 2 aliphatic rings. The van der Waals surface area contributed by atoms with Gasteiger partial charge in [0, 0.05) is 51.2 Å². The Labute approximate surface area is 188 Å². The molecule has 0 spiro atoms. The van der Waals surface area contributed by atoms with Gasteiger partial charge in [-0.15, -0.1) is 24.0 Å². The number of aromatic nitrogens is 1. The standard InChI is InChI=1S/C21H27FN6.HI/c22-18-3-5-19(6-4-18)26-11-13-28(14-12-26)21(23)25-16-17-7-8-24-20(15-17)27-9-1-2-10-27;/h3-8,15H,1-2,9-14,16H2,(H2,23,25);1H. The Morgan fingerprint density at radius 2 is 1.66 bits per heavy atom. The molecule has 0 bridgehead atoms. The topological polar surface area (TPSA) is 61.0 Å². The minimum atomic E-state index is -0.206. The molecule has 2 aliphatic heterocycles. The van der Waals surface area contributed by atoms with Gasteiger partial charge in [0.25, 0.3) is 0 Å². The molecule has 0 amide bonds. The highest BCUT2D eigenvalue weighted by Crippen LogP contribution is 2.19. The number of guanidine groups is 1. The average molecular weight is 510 g/mol. The molecule has 0 atom stereocenters. The first kappa shape index (κ1) is 21.6. The summed E-state index contributed by atoms with van der Waals surface area (Å²) in [7, 11) is 0. The number of benzene rings is 1. The third-order valence-corrected chi connectivity index (χ3v) is 5.46. The molecule has 2 N–H and O–H groups in total. The fraction of sp³-hybridized carbons (Fsp3) is 0.429. The number of aliphatic imine (C=N–C) groups is 1. The molecule has 2 saturated heterocycles. The van der Waals surface area contributed by atoms with E-state index in [0.29, 0.717) is 12.5 Å². The van der Waals surface area contributed by atoms with E-state index in [1.165, 1.54) is 25.0 Å². The SMILES string of the molecule is I.NC(=NCc1ccnc(N2CCCC2)c1)N1CCN(c2ccc(F)cc2)CC1. The van der Waals surface area contributed by atoms with E-state index in [4.69, 9.17) is 5.73 Å². The van der Waals surface area contributed by atoms with E-state index in [9.17, 15) is 4.39 Å².